The van der Waals surface area contributed by atoms with Gasteiger partial charge < -0.3 is 9.59 Å². The smallest absolute Gasteiger partial charge is 0.201 e. The molecular formula is C7H15N2O+. The zero-order chi connectivity index (χ0) is 8.36. The zero-order valence-electron chi connectivity index (χ0n) is 7.00. The molecule has 0 radical (unpaired) electrons. The van der Waals surface area contributed by atoms with E-state index in [0.29, 0.717) is 4.48 Å². The lowest BCUT2D eigenvalue weighted by molar-refractivity contribution is -0.891. The molecular weight excluding hydrogens is 128 g/mol. The largest absolute Gasteiger partial charge is 0.386 e. The predicted octanol–water partition coefficient (Wildman–Crippen LogP) is -0.0344. The van der Waals surface area contributed by atoms with Gasteiger partial charge in [0.1, 0.15) is 12.2 Å². The van der Waals surface area contributed by atoms with Gasteiger partial charge in [-0.05, 0) is 6.92 Å². The molecule has 0 spiro atoms. The number of aliphatic hydroxyl groups is 1. The lowest BCUT2D eigenvalue weighted by atomic mass is 10.1. The zero-order valence-corrected chi connectivity index (χ0v) is 7.00. The Morgan fingerprint density at radius 3 is 1.80 bits per heavy atom. The van der Waals surface area contributed by atoms with Crippen LogP contribution in [-0.4, -0.2) is 42.9 Å². The second-order valence-electron chi connectivity index (χ2n) is 3.43. The fourth-order valence-electron chi connectivity index (χ4n) is 0.928. The molecule has 0 aromatic rings. The molecule has 0 aromatic heterocycles. The topological polar surface area (TPSA) is 44.0 Å². The van der Waals surface area contributed by atoms with Crippen molar-refractivity contribution in [3.05, 3.63) is 0 Å². The van der Waals surface area contributed by atoms with Crippen LogP contribution in [0.5, 0.6) is 0 Å². The van der Waals surface area contributed by atoms with Crippen LogP contribution in [0.3, 0.4) is 0 Å². The van der Waals surface area contributed by atoms with Crippen LogP contribution in [0, 0.1) is 11.3 Å². The first kappa shape index (κ1) is 9.41. The first-order valence-corrected chi connectivity index (χ1v) is 3.28. The van der Waals surface area contributed by atoms with E-state index in [2.05, 4.69) is 6.07 Å². The minimum atomic E-state index is -0.565. The molecule has 3 nitrogen and oxygen atoms in total. The lowest BCUT2D eigenvalue weighted by Crippen LogP contribution is -2.49. The van der Waals surface area contributed by atoms with E-state index in [1.807, 2.05) is 21.1 Å². The molecule has 0 aromatic carbocycles. The maximum atomic E-state index is 9.11. The molecule has 3 heteroatoms. The molecule has 2 atom stereocenters. The summed E-state index contributed by atoms with van der Waals surface area (Å²) in [6.07, 6.45) is -0.565. The second kappa shape index (κ2) is 3.00. The van der Waals surface area contributed by atoms with Gasteiger partial charge in [0.25, 0.3) is 0 Å². The van der Waals surface area contributed by atoms with Crippen LogP contribution < -0.4 is 0 Å². The van der Waals surface area contributed by atoms with E-state index in [-0.39, 0.29) is 6.04 Å². The molecule has 0 bridgehead atoms. The summed E-state index contributed by atoms with van der Waals surface area (Å²) in [5.41, 5.74) is 0. The van der Waals surface area contributed by atoms with Crippen molar-refractivity contribution in [2.45, 2.75) is 19.1 Å². The molecule has 0 aliphatic heterocycles. The Morgan fingerprint density at radius 1 is 1.40 bits per heavy atom. The number of hydrogen-bond donors (Lipinski definition) is 1. The van der Waals surface area contributed by atoms with Crippen molar-refractivity contribution < 1.29 is 9.59 Å². The Balaban J connectivity index is 4.26. The van der Waals surface area contributed by atoms with E-state index < -0.39 is 6.10 Å². The summed E-state index contributed by atoms with van der Waals surface area (Å²) in [7, 11) is 5.67. The minimum Gasteiger partial charge on any atom is -0.386 e. The highest BCUT2D eigenvalue weighted by molar-refractivity contribution is 4.87. The molecule has 0 saturated heterocycles. The van der Waals surface area contributed by atoms with Gasteiger partial charge >= 0.3 is 0 Å². The third kappa shape index (κ3) is 2.34. The monoisotopic (exact) mass is 143 g/mol. The molecule has 10 heavy (non-hydrogen) atoms. The van der Waals surface area contributed by atoms with Crippen LogP contribution >= 0.6 is 0 Å². The van der Waals surface area contributed by atoms with Gasteiger partial charge in [-0.15, -0.1) is 0 Å². The fraction of sp³-hybridized carbons (Fsp3) is 0.857. The molecule has 1 N–H and O–H groups in total. The summed E-state index contributed by atoms with van der Waals surface area (Å²) in [6.45, 7) is 1.64. The average Bonchev–Trinajstić information content (AvgIpc) is 1.60. The van der Waals surface area contributed by atoms with Gasteiger partial charge in [0, 0.05) is 0 Å². The lowest BCUT2D eigenvalue weighted by Gasteiger charge is -2.30. The summed E-state index contributed by atoms with van der Waals surface area (Å²) < 4.78 is 0.480. The summed E-state index contributed by atoms with van der Waals surface area (Å²) in [4.78, 5) is 0. The number of nitriles is 1. The van der Waals surface area contributed by atoms with Crippen LogP contribution in [-0.2, 0) is 0 Å². The first-order chi connectivity index (χ1) is 4.39. The maximum Gasteiger partial charge on any atom is 0.201 e. The Kier molecular flexibility index (Phi) is 2.82. The van der Waals surface area contributed by atoms with Gasteiger partial charge in [0.15, 0.2) is 0 Å². The van der Waals surface area contributed by atoms with E-state index in [4.69, 9.17) is 10.4 Å². The van der Waals surface area contributed by atoms with E-state index >= 15 is 0 Å². The molecule has 0 rings (SSSR count). The van der Waals surface area contributed by atoms with Gasteiger partial charge in [0.2, 0.25) is 6.04 Å². The van der Waals surface area contributed by atoms with Gasteiger partial charge in [-0.3, -0.25) is 0 Å². The number of quaternary nitrogens is 1. The Labute approximate surface area is 62.1 Å². The second-order valence-corrected chi connectivity index (χ2v) is 3.43. The normalized spacial score (nSPS) is 17.6. The average molecular weight is 143 g/mol. The summed E-state index contributed by atoms with van der Waals surface area (Å²) >= 11 is 0. The number of nitrogens with zero attached hydrogens (tertiary/aromatic N) is 2. The highest BCUT2D eigenvalue weighted by Gasteiger charge is 2.27. The molecule has 58 valence electrons. The van der Waals surface area contributed by atoms with Crippen molar-refractivity contribution in [1.82, 2.24) is 0 Å². The van der Waals surface area contributed by atoms with Crippen LogP contribution in [0.15, 0.2) is 0 Å². The van der Waals surface area contributed by atoms with Crippen molar-refractivity contribution in [3.63, 3.8) is 0 Å². The third-order valence-corrected chi connectivity index (χ3v) is 1.42. The van der Waals surface area contributed by atoms with Crippen LogP contribution in [0.4, 0.5) is 0 Å². The Bertz CT molecular complexity index is 141. The molecule has 0 fully saturated rings. The highest BCUT2D eigenvalue weighted by Crippen LogP contribution is 2.05. The maximum absolute atomic E-state index is 9.11. The fourth-order valence-corrected chi connectivity index (χ4v) is 0.928. The van der Waals surface area contributed by atoms with E-state index in [1.165, 1.54) is 0 Å². The minimum absolute atomic E-state index is 0.333. The van der Waals surface area contributed by atoms with Gasteiger partial charge in [-0.25, -0.2) is 0 Å². The number of hydrogen-bond acceptors (Lipinski definition) is 2. The Hall–Kier alpha value is -0.590. The van der Waals surface area contributed by atoms with Crippen molar-refractivity contribution in [1.29, 1.82) is 5.26 Å². The van der Waals surface area contributed by atoms with Gasteiger partial charge in [-0.2, -0.15) is 5.26 Å². The third-order valence-electron chi connectivity index (χ3n) is 1.42. The molecule has 0 saturated carbocycles. The predicted molar refractivity (Wildman–Crippen MR) is 39.1 cm³/mol. The highest BCUT2D eigenvalue weighted by atomic mass is 16.3. The van der Waals surface area contributed by atoms with Crippen molar-refractivity contribution in [2.24, 2.45) is 0 Å². The molecule has 0 amide bonds. The SMILES string of the molecule is CC(O)C(C#N)[N+](C)(C)C. The van der Waals surface area contributed by atoms with Crippen LogP contribution in [0.1, 0.15) is 6.92 Å². The van der Waals surface area contributed by atoms with Gasteiger partial charge in [0.05, 0.1) is 21.1 Å². The molecule has 0 heterocycles. The molecule has 2 unspecified atom stereocenters. The first-order valence-electron chi connectivity index (χ1n) is 3.28. The molecule has 0 aliphatic carbocycles. The van der Waals surface area contributed by atoms with E-state index in [9.17, 15) is 0 Å². The quantitative estimate of drug-likeness (QED) is 0.551. The Morgan fingerprint density at radius 2 is 1.80 bits per heavy atom. The summed E-state index contributed by atoms with van der Waals surface area (Å²) in [5, 5.41) is 17.7. The van der Waals surface area contributed by atoms with Crippen LogP contribution in [0.2, 0.25) is 0 Å². The number of aliphatic hydroxyl groups excluding tert-OH is 1. The summed E-state index contributed by atoms with van der Waals surface area (Å²) in [6, 6.07) is 1.73. The summed E-state index contributed by atoms with van der Waals surface area (Å²) in [5.74, 6) is 0. The van der Waals surface area contributed by atoms with Crippen molar-refractivity contribution in [3.8, 4) is 6.07 Å². The molecule has 0 aliphatic rings. The van der Waals surface area contributed by atoms with Crippen molar-refractivity contribution >= 4 is 0 Å². The number of rotatable bonds is 2. The van der Waals surface area contributed by atoms with Crippen LogP contribution in [0.25, 0.3) is 0 Å². The number of likely N-dealkylation sites (N-methyl/N-ethyl adjacent to an activating group) is 1. The standard InChI is InChI=1S/C7H15N2O/c1-6(10)7(5-8)9(2,3)4/h6-7,10H,1-4H3/q+1. The van der Waals surface area contributed by atoms with E-state index in [1.54, 1.807) is 6.92 Å². The van der Waals surface area contributed by atoms with Gasteiger partial charge in [-0.1, -0.05) is 0 Å². The van der Waals surface area contributed by atoms with E-state index in [0.717, 1.165) is 0 Å². The van der Waals surface area contributed by atoms with Crippen molar-refractivity contribution in [2.75, 3.05) is 21.1 Å².